The number of imidazole rings is 1. The van der Waals surface area contributed by atoms with E-state index in [2.05, 4.69) is 4.98 Å². The molecule has 0 bridgehead atoms. The van der Waals surface area contributed by atoms with E-state index in [1.807, 2.05) is 28.8 Å². The Bertz CT molecular complexity index is 873. The van der Waals surface area contributed by atoms with Crippen molar-refractivity contribution in [3.63, 3.8) is 0 Å². The fourth-order valence-electron chi connectivity index (χ4n) is 3.23. The highest BCUT2D eigenvalue weighted by atomic mass is 19.1. The summed E-state index contributed by atoms with van der Waals surface area (Å²) in [4.78, 5) is 18.6. The number of hydrogen-bond donors (Lipinski definition) is 0. The fraction of sp³-hybridized carbons (Fsp3) is 0.222. The molecule has 5 heteroatoms. The largest absolute Gasteiger partial charge is 0.338 e. The summed E-state index contributed by atoms with van der Waals surface area (Å²) in [7, 11) is 0. The highest BCUT2D eigenvalue weighted by molar-refractivity contribution is 5.94. The molecule has 1 aliphatic heterocycles. The lowest BCUT2D eigenvalue weighted by Gasteiger charge is -2.17. The third-order valence-electron chi connectivity index (χ3n) is 4.46. The Morgan fingerprint density at radius 1 is 1.22 bits per heavy atom. The van der Waals surface area contributed by atoms with Crippen molar-refractivity contribution in [1.29, 1.82) is 0 Å². The summed E-state index contributed by atoms with van der Waals surface area (Å²) >= 11 is 0. The summed E-state index contributed by atoms with van der Waals surface area (Å²) in [5.74, 6) is -0.136. The molecule has 3 heterocycles. The molecule has 1 aromatic carbocycles. The Kier molecular flexibility index (Phi) is 3.33. The zero-order valence-electron chi connectivity index (χ0n) is 12.5. The number of carbonyl (C=O) groups is 1. The van der Waals surface area contributed by atoms with Crippen LogP contribution >= 0.6 is 0 Å². The van der Waals surface area contributed by atoms with Gasteiger partial charge in [0.1, 0.15) is 11.5 Å². The molecule has 0 unspecified atom stereocenters. The molecule has 1 atom stereocenters. The number of aromatic nitrogens is 2. The van der Waals surface area contributed by atoms with Crippen LogP contribution in [-0.2, 0) is 0 Å². The Labute approximate surface area is 133 Å². The standard InChI is InChI=1S/C18H16FN3O/c19-16-4-2-1-3-15(16)13-7-9-22(11-13)18(23)14-5-6-17-20-8-10-21(17)12-14/h1-6,8,10,12-13H,7,9,11H2/t13-/m1/s1. The Morgan fingerprint density at radius 3 is 2.96 bits per heavy atom. The van der Waals surface area contributed by atoms with Gasteiger partial charge in [-0.3, -0.25) is 4.79 Å². The first-order valence-electron chi connectivity index (χ1n) is 7.69. The minimum atomic E-state index is -0.188. The minimum absolute atomic E-state index is 0.0144. The van der Waals surface area contributed by atoms with E-state index in [1.54, 1.807) is 29.4 Å². The molecule has 0 saturated carbocycles. The predicted octanol–water partition coefficient (Wildman–Crippen LogP) is 3.10. The lowest BCUT2D eigenvalue weighted by Crippen LogP contribution is -2.28. The maximum Gasteiger partial charge on any atom is 0.255 e. The topological polar surface area (TPSA) is 37.6 Å². The molecule has 1 fully saturated rings. The third kappa shape index (κ3) is 2.48. The van der Waals surface area contributed by atoms with Gasteiger partial charge in [-0.25, -0.2) is 9.37 Å². The van der Waals surface area contributed by atoms with Crippen molar-refractivity contribution in [3.05, 3.63) is 71.9 Å². The monoisotopic (exact) mass is 309 g/mol. The van der Waals surface area contributed by atoms with Crippen LogP contribution in [0.4, 0.5) is 4.39 Å². The first-order chi connectivity index (χ1) is 11.2. The minimum Gasteiger partial charge on any atom is -0.338 e. The Hall–Kier alpha value is -2.69. The highest BCUT2D eigenvalue weighted by Gasteiger charge is 2.29. The molecule has 4 rings (SSSR count). The molecule has 0 spiro atoms. The molecule has 1 saturated heterocycles. The van der Waals surface area contributed by atoms with Gasteiger partial charge in [-0.2, -0.15) is 0 Å². The average molecular weight is 309 g/mol. The van der Waals surface area contributed by atoms with Gasteiger partial charge in [0.15, 0.2) is 0 Å². The van der Waals surface area contributed by atoms with Crippen LogP contribution in [0, 0.1) is 5.82 Å². The van der Waals surface area contributed by atoms with Gasteiger partial charge < -0.3 is 9.30 Å². The van der Waals surface area contributed by atoms with Crippen molar-refractivity contribution in [2.24, 2.45) is 0 Å². The number of halogens is 1. The van der Waals surface area contributed by atoms with E-state index in [9.17, 15) is 9.18 Å². The van der Waals surface area contributed by atoms with Gasteiger partial charge in [0.05, 0.1) is 5.56 Å². The molecule has 0 N–H and O–H groups in total. The summed E-state index contributed by atoms with van der Waals surface area (Å²) in [5.41, 5.74) is 2.14. The van der Waals surface area contributed by atoms with Gasteiger partial charge in [-0.1, -0.05) is 18.2 Å². The van der Waals surface area contributed by atoms with Crippen LogP contribution in [0.5, 0.6) is 0 Å². The number of benzene rings is 1. The number of hydrogen-bond acceptors (Lipinski definition) is 2. The van der Waals surface area contributed by atoms with Gasteiger partial charge in [0.2, 0.25) is 0 Å². The highest BCUT2D eigenvalue weighted by Crippen LogP contribution is 2.29. The maximum absolute atomic E-state index is 13.9. The molecular weight excluding hydrogens is 293 g/mol. The van der Waals surface area contributed by atoms with Gasteiger partial charge in [0, 0.05) is 37.6 Å². The lowest BCUT2D eigenvalue weighted by molar-refractivity contribution is 0.0790. The normalized spacial score (nSPS) is 17.8. The fourth-order valence-corrected chi connectivity index (χ4v) is 3.23. The predicted molar refractivity (Wildman–Crippen MR) is 84.9 cm³/mol. The number of rotatable bonds is 2. The number of pyridine rings is 1. The molecule has 2 aromatic heterocycles. The van der Waals surface area contributed by atoms with E-state index in [1.165, 1.54) is 6.07 Å². The maximum atomic E-state index is 13.9. The van der Waals surface area contributed by atoms with Crippen LogP contribution in [0.15, 0.2) is 55.0 Å². The van der Waals surface area contributed by atoms with E-state index in [4.69, 9.17) is 0 Å². The molecule has 4 nitrogen and oxygen atoms in total. The molecule has 1 aliphatic rings. The smallest absolute Gasteiger partial charge is 0.255 e. The first kappa shape index (κ1) is 13.9. The second-order valence-electron chi connectivity index (χ2n) is 5.87. The molecule has 23 heavy (non-hydrogen) atoms. The number of likely N-dealkylation sites (tertiary alicyclic amines) is 1. The molecule has 3 aromatic rings. The van der Waals surface area contributed by atoms with E-state index >= 15 is 0 Å². The molecule has 116 valence electrons. The summed E-state index contributed by atoms with van der Waals surface area (Å²) < 4.78 is 15.7. The van der Waals surface area contributed by atoms with E-state index in [-0.39, 0.29) is 17.6 Å². The van der Waals surface area contributed by atoms with Crippen molar-refractivity contribution < 1.29 is 9.18 Å². The van der Waals surface area contributed by atoms with Crippen LogP contribution in [0.25, 0.3) is 5.65 Å². The van der Waals surface area contributed by atoms with Crippen LogP contribution in [0.2, 0.25) is 0 Å². The second kappa shape index (κ2) is 5.50. The van der Waals surface area contributed by atoms with E-state index in [0.29, 0.717) is 24.2 Å². The van der Waals surface area contributed by atoms with Crippen molar-refractivity contribution in [2.45, 2.75) is 12.3 Å². The molecule has 0 radical (unpaired) electrons. The number of amides is 1. The second-order valence-corrected chi connectivity index (χ2v) is 5.87. The third-order valence-corrected chi connectivity index (χ3v) is 4.46. The molecular formula is C18H16FN3O. The number of fused-ring (bicyclic) bond motifs is 1. The quantitative estimate of drug-likeness (QED) is 0.729. The number of carbonyl (C=O) groups excluding carboxylic acids is 1. The average Bonchev–Trinajstić information content (AvgIpc) is 3.23. The van der Waals surface area contributed by atoms with E-state index < -0.39 is 0 Å². The summed E-state index contributed by atoms with van der Waals surface area (Å²) in [6.07, 6.45) is 6.10. The first-order valence-corrected chi connectivity index (χ1v) is 7.69. The van der Waals surface area contributed by atoms with Crippen molar-refractivity contribution in [3.8, 4) is 0 Å². The van der Waals surface area contributed by atoms with Crippen LogP contribution in [0.1, 0.15) is 28.3 Å². The summed E-state index contributed by atoms with van der Waals surface area (Å²) in [5, 5.41) is 0. The van der Waals surface area contributed by atoms with E-state index in [0.717, 1.165) is 12.1 Å². The van der Waals surface area contributed by atoms with Gasteiger partial charge >= 0.3 is 0 Å². The van der Waals surface area contributed by atoms with Crippen LogP contribution in [0.3, 0.4) is 0 Å². The van der Waals surface area contributed by atoms with Crippen LogP contribution in [-0.4, -0.2) is 33.3 Å². The zero-order valence-corrected chi connectivity index (χ0v) is 12.5. The SMILES string of the molecule is O=C(c1ccc2nccn2c1)N1CC[C@@H](c2ccccc2F)C1. The van der Waals surface area contributed by atoms with Crippen molar-refractivity contribution >= 4 is 11.6 Å². The zero-order chi connectivity index (χ0) is 15.8. The lowest BCUT2D eigenvalue weighted by atomic mass is 9.98. The van der Waals surface area contributed by atoms with Gasteiger partial charge in [-0.05, 0) is 30.2 Å². The number of nitrogens with zero attached hydrogens (tertiary/aromatic N) is 3. The van der Waals surface area contributed by atoms with Gasteiger partial charge in [-0.15, -0.1) is 0 Å². The Morgan fingerprint density at radius 2 is 2.09 bits per heavy atom. The summed E-state index contributed by atoms with van der Waals surface area (Å²) in [6.45, 7) is 1.21. The summed E-state index contributed by atoms with van der Waals surface area (Å²) in [6, 6.07) is 10.4. The Balaban J connectivity index is 1.55. The van der Waals surface area contributed by atoms with Crippen LogP contribution < -0.4 is 0 Å². The van der Waals surface area contributed by atoms with Gasteiger partial charge in [0.25, 0.3) is 5.91 Å². The van der Waals surface area contributed by atoms with Crippen molar-refractivity contribution in [2.75, 3.05) is 13.1 Å². The molecule has 1 amide bonds. The molecule has 0 aliphatic carbocycles. The van der Waals surface area contributed by atoms with Crippen molar-refractivity contribution in [1.82, 2.24) is 14.3 Å².